The number of furan rings is 1. The van der Waals surface area contributed by atoms with Gasteiger partial charge >= 0.3 is 0 Å². The molecule has 0 aliphatic heterocycles. The van der Waals surface area contributed by atoms with E-state index in [9.17, 15) is 8.42 Å². The van der Waals surface area contributed by atoms with Crippen molar-refractivity contribution in [2.75, 3.05) is 0 Å². The smallest absolute Gasteiger partial charge is 0.244 e. The molecule has 0 aliphatic carbocycles. The highest BCUT2D eigenvalue weighted by Gasteiger charge is 2.24. The summed E-state index contributed by atoms with van der Waals surface area (Å²) in [5.41, 5.74) is 5.44. The Morgan fingerprint density at radius 1 is 1.44 bits per heavy atom. The van der Waals surface area contributed by atoms with Gasteiger partial charge in [0.1, 0.15) is 16.4 Å². The quantitative estimate of drug-likeness (QED) is 0.827. The van der Waals surface area contributed by atoms with E-state index in [1.54, 1.807) is 6.92 Å². The third kappa shape index (κ3) is 3.34. The van der Waals surface area contributed by atoms with E-state index in [1.165, 1.54) is 6.07 Å². The monoisotopic (exact) mass is 274 g/mol. The first-order valence-corrected chi connectivity index (χ1v) is 7.61. The minimum atomic E-state index is -3.53. The van der Waals surface area contributed by atoms with Crippen molar-refractivity contribution in [3.8, 4) is 0 Å². The second-order valence-electron chi connectivity index (χ2n) is 4.63. The molecule has 1 rings (SSSR count). The van der Waals surface area contributed by atoms with Crippen LogP contribution in [0.3, 0.4) is 0 Å². The van der Waals surface area contributed by atoms with Gasteiger partial charge in [0.15, 0.2) is 0 Å². The third-order valence-electron chi connectivity index (χ3n) is 3.25. The topological polar surface area (TPSA) is 85.3 Å². The zero-order valence-corrected chi connectivity index (χ0v) is 12.2. The SMILES string of the molecule is CCC(C)C(C)NS(=O)(=O)c1cc(CN)oc1C. The van der Waals surface area contributed by atoms with E-state index < -0.39 is 10.0 Å². The molecule has 6 heteroatoms. The van der Waals surface area contributed by atoms with Crippen molar-refractivity contribution >= 4 is 10.0 Å². The average molecular weight is 274 g/mol. The number of hydrogen-bond donors (Lipinski definition) is 2. The molecule has 0 bridgehead atoms. The lowest BCUT2D eigenvalue weighted by Gasteiger charge is -2.19. The van der Waals surface area contributed by atoms with Crippen molar-refractivity contribution < 1.29 is 12.8 Å². The lowest BCUT2D eigenvalue weighted by molar-refractivity contribution is 0.432. The van der Waals surface area contributed by atoms with Crippen LogP contribution < -0.4 is 10.5 Å². The van der Waals surface area contributed by atoms with E-state index in [0.29, 0.717) is 11.5 Å². The van der Waals surface area contributed by atoms with Gasteiger partial charge in [-0.2, -0.15) is 0 Å². The van der Waals surface area contributed by atoms with Gasteiger partial charge in [0.2, 0.25) is 10.0 Å². The summed E-state index contributed by atoms with van der Waals surface area (Å²) >= 11 is 0. The summed E-state index contributed by atoms with van der Waals surface area (Å²) < 4.78 is 32.3. The normalized spacial score (nSPS) is 15.6. The van der Waals surface area contributed by atoms with E-state index in [-0.39, 0.29) is 23.4 Å². The van der Waals surface area contributed by atoms with E-state index in [0.717, 1.165) is 6.42 Å². The summed E-state index contributed by atoms with van der Waals surface area (Å²) in [4.78, 5) is 0.179. The van der Waals surface area contributed by atoms with Crippen molar-refractivity contribution in [2.24, 2.45) is 11.7 Å². The molecule has 1 aromatic rings. The minimum absolute atomic E-state index is 0.115. The fraction of sp³-hybridized carbons (Fsp3) is 0.667. The number of aryl methyl sites for hydroxylation is 1. The van der Waals surface area contributed by atoms with E-state index in [2.05, 4.69) is 4.72 Å². The Hall–Kier alpha value is -0.850. The molecule has 0 aliphatic rings. The van der Waals surface area contributed by atoms with Crippen LogP contribution in [0.2, 0.25) is 0 Å². The molecule has 0 radical (unpaired) electrons. The summed E-state index contributed by atoms with van der Waals surface area (Å²) in [6.07, 6.45) is 0.919. The lowest BCUT2D eigenvalue weighted by Crippen LogP contribution is -2.36. The predicted octanol–water partition coefficient (Wildman–Crippen LogP) is 1.76. The van der Waals surface area contributed by atoms with Gasteiger partial charge in [-0.05, 0) is 19.8 Å². The number of rotatable bonds is 6. The third-order valence-corrected chi connectivity index (χ3v) is 4.92. The predicted molar refractivity (Wildman–Crippen MR) is 70.6 cm³/mol. The molecule has 5 nitrogen and oxygen atoms in total. The summed E-state index contributed by atoms with van der Waals surface area (Å²) in [6.45, 7) is 7.73. The molecule has 0 fully saturated rings. The van der Waals surface area contributed by atoms with Crippen LogP contribution in [0, 0.1) is 12.8 Å². The fourth-order valence-corrected chi connectivity index (χ4v) is 3.22. The second kappa shape index (κ2) is 5.86. The van der Waals surface area contributed by atoms with Crippen molar-refractivity contribution in [3.05, 3.63) is 17.6 Å². The fourth-order valence-electron chi connectivity index (χ4n) is 1.67. The van der Waals surface area contributed by atoms with Gasteiger partial charge in [-0.25, -0.2) is 13.1 Å². The molecule has 0 spiro atoms. The number of hydrogen-bond acceptors (Lipinski definition) is 4. The molecule has 0 amide bonds. The van der Waals surface area contributed by atoms with Crippen LogP contribution in [0.4, 0.5) is 0 Å². The maximum absolute atomic E-state index is 12.2. The Bertz CT molecular complexity index is 493. The van der Waals surface area contributed by atoms with Crippen LogP contribution in [0.1, 0.15) is 38.7 Å². The van der Waals surface area contributed by atoms with Gasteiger partial charge in [-0.15, -0.1) is 0 Å². The molecule has 0 saturated carbocycles. The molecule has 0 saturated heterocycles. The molecule has 2 unspecified atom stereocenters. The molecule has 3 N–H and O–H groups in total. The summed E-state index contributed by atoms with van der Waals surface area (Å²) in [5.74, 6) is 1.13. The Labute approximate surface area is 109 Å². The summed E-state index contributed by atoms with van der Waals surface area (Å²) in [6, 6.07) is 1.37. The van der Waals surface area contributed by atoms with E-state index in [4.69, 9.17) is 10.2 Å². The summed E-state index contributed by atoms with van der Waals surface area (Å²) in [7, 11) is -3.53. The van der Waals surface area contributed by atoms with Gasteiger partial charge in [-0.3, -0.25) is 0 Å². The second-order valence-corrected chi connectivity index (χ2v) is 6.32. The molecule has 104 valence electrons. The number of nitrogens with two attached hydrogens (primary N) is 1. The van der Waals surface area contributed by atoms with Crippen LogP contribution in [0.25, 0.3) is 0 Å². The number of nitrogens with one attached hydrogen (secondary N) is 1. The molecular formula is C12H22N2O3S. The maximum Gasteiger partial charge on any atom is 0.244 e. The van der Waals surface area contributed by atoms with Crippen LogP contribution in [0.5, 0.6) is 0 Å². The van der Waals surface area contributed by atoms with Crippen molar-refractivity contribution in [1.29, 1.82) is 0 Å². The standard InChI is InChI=1S/C12H22N2O3S/c1-5-8(2)9(3)14-18(15,16)12-6-11(7-13)17-10(12)4/h6,8-9,14H,5,7,13H2,1-4H3. The Balaban J connectivity index is 2.96. The molecule has 2 atom stereocenters. The molecule has 1 aromatic heterocycles. The average Bonchev–Trinajstić information content (AvgIpc) is 2.69. The Morgan fingerprint density at radius 3 is 2.50 bits per heavy atom. The van der Waals surface area contributed by atoms with Crippen molar-refractivity contribution in [2.45, 2.75) is 51.6 Å². The first kappa shape index (κ1) is 15.2. The minimum Gasteiger partial charge on any atom is -0.464 e. The van der Waals surface area contributed by atoms with E-state index in [1.807, 2.05) is 20.8 Å². The zero-order valence-electron chi connectivity index (χ0n) is 11.4. The first-order valence-electron chi connectivity index (χ1n) is 6.13. The largest absolute Gasteiger partial charge is 0.464 e. The van der Waals surface area contributed by atoms with Crippen LogP contribution in [-0.2, 0) is 16.6 Å². The zero-order chi connectivity index (χ0) is 13.9. The molecule has 18 heavy (non-hydrogen) atoms. The molecule has 1 heterocycles. The van der Waals surface area contributed by atoms with Gasteiger partial charge < -0.3 is 10.2 Å². The lowest BCUT2D eigenvalue weighted by atomic mass is 10.0. The highest BCUT2D eigenvalue weighted by molar-refractivity contribution is 7.89. The van der Waals surface area contributed by atoms with Crippen molar-refractivity contribution in [1.82, 2.24) is 4.72 Å². The number of sulfonamides is 1. The van der Waals surface area contributed by atoms with Gasteiger partial charge in [0.05, 0.1) is 6.54 Å². The van der Waals surface area contributed by atoms with Crippen LogP contribution in [0.15, 0.2) is 15.4 Å². The van der Waals surface area contributed by atoms with Gasteiger partial charge in [-0.1, -0.05) is 20.3 Å². The molecule has 0 aromatic carbocycles. The summed E-state index contributed by atoms with van der Waals surface area (Å²) in [5, 5.41) is 0. The highest BCUT2D eigenvalue weighted by Crippen LogP contribution is 2.21. The molecular weight excluding hydrogens is 252 g/mol. The maximum atomic E-state index is 12.2. The highest BCUT2D eigenvalue weighted by atomic mass is 32.2. The van der Waals surface area contributed by atoms with Crippen LogP contribution >= 0.6 is 0 Å². The first-order chi connectivity index (χ1) is 8.31. The van der Waals surface area contributed by atoms with E-state index >= 15 is 0 Å². The van der Waals surface area contributed by atoms with Crippen molar-refractivity contribution in [3.63, 3.8) is 0 Å². The van der Waals surface area contributed by atoms with Gasteiger partial charge in [0, 0.05) is 12.1 Å². The Morgan fingerprint density at radius 2 is 2.06 bits per heavy atom. The van der Waals surface area contributed by atoms with Crippen LogP contribution in [-0.4, -0.2) is 14.5 Å². The van der Waals surface area contributed by atoms with Gasteiger partial charge in [0.25, 0.3) is 0 Å². The Kier molecular flexibility index (Phi) is 4.95.